The first kappa shape index (κ1) is 11.7. The normalized spacial score (nSPS) is 17.0. The second-order valence-electron chi connectivity index (χ2n) is 4.09. The van der Waals surface area contributed by atoms with Gasteiger partial charge in [-0.25, -0.2) is 0 Å². The van der Waals surface area contributed by atoms with Crippen molar-refractivity contribution in [1.29, 1.82) is 0 Å². The van der Waals surface area contributed by atoms with Gasteiger partial charge in [0.15, 0.2) is 0 Å². The highest BCUT2D eigenvalue weighted by molar-refractivity contribution is 5.94. The minimum Gasteiger partial charge on any atom is -0.491 e. The molecule has 17 heavy (non-hydrogen) atoms. The van der Waals surface area contributed by atoms with Gasteiger partial charge in [-0.15, -0.1) is 0 Å². The molecule has 0 saturated carbocycles. The van der Waals surface area contributed by atoms with Crippen molar-refractivity contribution in [1.82, 2.24) is 0 Å². The van der Waals surface area contributed by atoms with Crippen molar-refractivity contribution in [3.63, 3.8) is 0 Å². The molecule has 0 spiro atoms. The minimum absolute atomic E-state index is 0.000397. The van der Waals surface area contributed by atoms with Gasteiger partial charge in [-0.2, -0.15) is 0 Å². The number of rotatable bonds is 4. The van der Waals surface area contributed by atoms with Crippen LogP contribution in [0.4, 0.5) is 0 Å². The Hall–Kier alpha value is -1.75. The Morgan fingerprint density at radius 3 is 2.53 bits per heavy atom. The van der Waals surface area contributed by atoms with E-state index in [0.717, 1.165) is 5.56 Å². The van der Waals surface area contributed by atoms with E-state index < -0.39 is 5.79 Å². The molecule has 1 aromatic rings. The number of hydrogen-bond acceptors (Lipinski definition) is 5. The zero-order valence-electron chi connectivity index (χ0n) is 9.84. The van der Waals surface area contributed by atoms with Crippen LogP contribution in [0.1, 0.15) is 19.4 Å². The summed E-state index contributed by atoms with van der Waals surface area (Å²) < 4.78 is 10.8. The van der Waals surface area contributed by atoms with E-state index in [9.17, 15) is 0 Å². The first-order valence-corrected chi connectivity index (χ1v) is 5.40. The van der Waals surface area contributed by atoms with E-state index in [1.165, 1.54) is 0 Å². The molecule has 1 aliphatic rings. The van der Waals surface area contributed by atoms with Gasteiger partial charge in [0.25, 0.3) is 11.7 Å². The maximum atomic E-state index is 8.63. The quantitative estimate of drug-likeness (QED) is 0.862. The van der Waals surface area contributed by atoms with Crippen LogP contribution in [0, 0.1) is 0 Å². The summed E-state index contributed by atoms with van der Waals surface area (Å²) in [6.45, 7) is 3.87. The molecule has 0 unspecified atom stereocenters. The number of hydrogen-bond donors (Lipinski definition) is 1. The molecule has 0 saturated heterocycles. The molecule has 0 aliphatic carbocycles. The summed E-state index contributed by atoms with van der Waals surface area (Å²) >= 11 is 0. The second kappa shape index (κ2) is 4.63. The maximum Gasteiger partial charge on any atom is 0.271 e. The van der Waals surface area contributed by atoms with Crippen LogP contribution in [0.25, 0.3) is 0 Å². The summed E-state index contributed by atoms with van der Waals surface area (Å²) in [6, 6.07) is 7.25. The summed E-state index contributed by atoms with van der Waals surface area (Å²) in [5.74, 6) is 0.451. The third-order valence-corrected chi connectivity index (χ3v) is 2.15. The third-order valence-electron chi connectivity index (χ3n) is 2.15. The molecule has 1 N–H and O–H groups in total. The summed E-state index contributed by atoms with van der Waals surface area (Å²) in [6.07, 6.45) is 0. The number of aliphatic hydroxyl groups is 1. The Balaban J connectivity index is 2.04. The predicted octanol–water partition coefficient (Wildman–Crippen LogP) is 1.50. The number of benzene rings is 1. The Morgan fingerprint density at radius 1 is 1.29 bits per heavy atom. The highest BCUT2D eigenvalue weighted by atomic mass is 16.8. The van der Waals surface area contributed by atoms with E-state index in [1.54, 1.807) is 26.0 Å². The second-order valence-corrected chi connectivity index (χ2v) is 4.09. The lowest BCUT2D eigenvalue weighted by atomic mass is 10.2. The van der Waals surface area contributed by atoms with Crippen molar-refractivity contribution in [3.8, 4) is 5.75 Å². The monoisotopic (exact) mass is 237 g/mol. The lowest BCUT2D eigenvalue weighted by Crippen LogP contribution is -2.22. The van der Waals surface area contributed by atoms with Gasteiger partial charge in [0.1, 0.15) is 12.4 Å². The molecule has 2 rings (SSSR count). The third kappa shape index (κ3) is 2.88. The fraction of sp³-hybridized carbons (Fsp3) is 0.417. The van der Waals surface area contributed by atoms with E-state index in [2.05, 4.69) is 5.16 Å². The van der Waals surface area contributed by atoms with Gasteiger partial charge >= 0.3 is 0 Å². The van der Waals surface area contributed by atoms with Crippen molar-refractivity contribution >= 4 is 5.90 Å². The molecular weight excluding hydrogens is 222 g/mol. The fourth-order valence-corrected chi connectivity index (χ4v) is 1.39. The summed E-state index contributed by atoms with van der Waals surface area (Å²) in [4.78, 5) is 5.10. The average Bonchev–Trinajstić information content (AvgIpc) is 2.68. The minimum atomic E-state index is -0.707. The smallest absolute Gasteiger partial charge is 0.271 e. The van der Waals surface area contributed by atoms with Crippen molar-refractivity contribution in [2.45, 2.75) is 19.6 Å². The van der Waals surface area contributed by atoms with Crippen LogP contribution in [-0.4, -0.2) is 30.0 Å². The van der Waals surface area contributed by atoms with Gasteiger partial charge in [-0.1, -0.05) is 0 Å². The molecule has 0 fully saturated rings. The van der Waals surface area contributed by atoms with Gasteiger partial charge in [0.2, 0.25) is 0 Å². The van der Waals surface area contributed by atoms with Crippen LogP contribution >= 0.6 is 0 Å². The van der Waals surface area contributed by atoms with Crippen LogP contribution in [0.3, 0.4) is 0 Å². The summed E-state index contributed by atoms with van der Waals surface area (Å²) in [5, 5.41) is 12.5. The molecule has 92 valence electrons. The van der Waals surface area contributed by atoms with Crippen molar-refractivity contribution in [2.24, 2.45) is 5.16 Å². The molecule has 0 bridgehead atoms. The first-order chi connectivity index (χ1) is 8.11. The molecule has 1 aromatic carbocycles. The number of nitrogens with zero attached hydrogens (tertiary/aromatic N) is 1. The molecule has 0 amide bonds. The van der Waals surface area contributed by atoms with E-state index >= 15 is 0 Å². The van der Waals surface area contributed by atoms with Gasteiger partial charge < -0.3 is 19.4 Å². The highest BCUT2D eigenvalue weighted by Gasteiger charge is 2.30. The fourth-order valence-electron chi connectivity index (χ4n) is 1.39. The SMILES string of the molecule is CC1(C)ON=C(c2ccc(OCCO)cc2)O1. The zero-order valence-corrected chi connectivity index (χ0v) is 9.84. The highest BCUT2D eigenvalue weighted by Crippen LogP contribution is 2.23. The lowest BCUT2D eigenvalue weighted by molar-refractivity contribution is -0.128. The van der Waals surface area contributed by atoms with Crippen LogP contribution in [0.15, 0.2) is 29.4 Å². The summed E-state index contributed by atoms with van der Waals surface area (Å²) in [5.41, 5.74) is 0.826. The number of aliphatic hydroxyl groups excluding tert-OH is 1. The van der Waals surface area contributed by atoms with E-state index in [-0.39, 0.29) is 13.2 Å². The molecule has 5 heteroatoms. The van der Waals surface area contributed by atoms with E-state index in [4.69, 9.17) is 19.4 Å². The van der Waals surface area contributed by atoms with Crippen molar-refractivity contribution < 1.29 is 19.4 Å². The van der Waals surface area contributed by atoms with E-state index in [0.29, 0.717) is 11.6 Å². The van der Waals surface area contributed by atoms with Gasteiger partial charge in [-0.3, -0.25) is 0 Å². The maximum absolute atomic E-state index is 8.63. The largest absolute Gasteiger partial charge is 0.491 e. The standard InChI is InChI=1S/C12H15NO4/c1-12(2)16-11(13-17-12)9-3-5-10(6-4-9)15-8-7-14/h3-6,14H,7-8H2,1-2H3. The first-order valence-electron chi connectivity index (χ1n) is 5.40. The van der Waals surface area contributed by atoms with E-state index in [1.807, 2.05) is 12.1 Å². The molecule has 1 aliphatic heterocycles. The average molecular weight is 237 g/mol. The predicted molar refractivity (Wildman–Crippen MR) is 61.8 cm³/mol. The van der Waals surface area contributed by atoms with Crippen LogP contribution < -0.4 is 4.74 Å². The molecule has 0 radical (unpaired) electrons. The van der Waals surface area contributed by atoms with Crippen LogP contribution in [0.2, 0.25) is 0 Å². The summed E-state index contributed by atoms with van der Waals surface area (Å²) in [7, 11) is 0. The van der Waals surface area contributed by atoms with Crippen molar-refractivity contribution in [3.05, 3.63) is 29.8 Å². The lowest BCUT2D eigenvalue weighted by Gasteiger charge is -2.14. The zero-order chi connectivity index (χ0) is 12.3. The Kier molecular flexibility index (Phi) is 3.19. The van der Waals surface area contributed by atoms with Gasteiger partial charge in [-0.05, 0) is 29.4 Å². The molecular formula is C12H15NO4. The van der Waals surface area contributed by atoms with Gasteiger partial charge in [0, 0.05) is 19.4 Å². The topological polar surface area (TPSA) is 60.3 Å². The van der Waals surface area contributed by atoms with Crippen LogP contribution in [0.5, 0.6) is 5.75 Å². The van der Waals surface area contributed by atoms with Crippen LogP contribution in [-0.2, 0) is 9.57 Å². The number of oxime groups is 1. The Morgan fingerprint density at radius 2 is 2.00 bits per heavy atom. The number of ether oxygens (including phenoxy) is 2. The Bertz CT molecular complexity index is 411. The Labute approximate surface area is 99.6 Å². The molecule has 0 aromatic heterocycles. The van der Waals surface area contributed by atoms with Crippen molar-refractivity contribution in [2.75, 3.05) is 13.2 Å². The molecule has 0 atom stereocenters. The van der Waals surface area contributed by atoms with Gasteiger partial charge in [0.05, 0.1) is 6.61 Å². The molecule has 5 nitrogen and oxygen atoms in total. The molecule has 1 heterocycles.